The largest absolute Gasteiger partial charge is 3.00 e. The summed E-state index contributed by atoms with van der Waals surface area (Å²) in [5.41, 5.74) is 0. The Morgan fingerprint density at radius 2 is 0.727 bits per heavy atom. The zero-order valence-electron chi connectivity index (χ0n) is 12.5. The predicted octanol–water partition coefficient (Wildman–Crippen LogP) is 5.68. The molecule has 2 rings (SSSR count). The second-order valence-corrected chi connectivity index (χ2v) is 4.45. The Kier molecular flexibility index (Phi) is 19.9. The van der Waals surface area contributed by atoms with Crippen molar-refractivity contribution in [2.24, 2.45) is 0 Å². The van der Waals surface area contributed by atoms with E-state index in [-0.39, 0.29) is 19.5 Å². The van der Waals surface area contributed by atoms with E-state index in [9.17, 15) is 17.3 Å². The molecule has 0 aromatic rings. The minimum absolute atomic E-state index is 0. The maximum atomic E-state index is 9.75. The fraction of sp³-hybridized carbons (Fsp3) is 0.375. The monoisotopic (exact) mass is 403 g/mol. The molecular formula is C16H22BF4Ru+2. The molecule has 2 saturated carbocycles. The molecule has 22 heavy (non-hydrogen) atoms. The van der Waals surface area contributed by atoms with Crippen LogP contribution in [-0.2, 0) is 19.5 Å². The molecule has 123 valence electrons. The quantitative estimate of drug-likeness (QED) is 0.361. The van der Waals surface area contributed by atoms with Crippen molar-refractivity contribution < 1.29 is 36.7 Å². The molecule has 0 N–H and O–H groups in total. The van der Waals surface area contributed by atoms with Crippen LogP contribution >= 0.6 is 0 Å². The van der Waals surface area contributed by atoms with Crippen molar-refractivity contribution in [3.63, 3.8) is 0 Å². The maximum absolute atomic E-state index is 9.75. The van der Waals surface area contributed by atoms with E-state index in [1.807, 2.05) is 0 Å². The summed E-state index contributed by atoms with van der Waals surface area (Å²) in [6.45, 7) is 0. The van der Waals surface area contributed by atoms with Crippen LogP contribution in [0.3, 0.4) is 0 Å². The Bertz CT molecular complexity index is 143. The fourth-order valence-electron chi connectivity index (χ4n) is 1.53. The third-order valence-electron chi connectivity index (χ3n) is 2.47. The molecule has 0 amide bonds. The molecular weight excluding hydrogens is 380 g/mol. The van der Waals surface area contributed by atoms with Crippen LogP contribution in [0.4, 0.5) is 17.3 Å². The Balaban J connectivity index is 0. The van der Waals surface area contributed by atoms with Gasteiger partial charge in [0.2, 0.25) is 0 Å². The molecule has 0 aliphatic heterocycles. The molecule has 0 aromatic carbocycles. The minimum Gasteiger partial charge on any atom is -0.418 e. The molecule has 0 heterocycles. The average Bonchev–Trinajstić information content (AvgIpc) is 2.24. The van der Waals surface area contributed by atoms with Gasteiger partial charge in [-0.2, -0.15) is 0 Å². The first-order chi connectivity index (χ1) is 10.0. The first-order valence-electron chi connectivity index (χ1n) is 7.17. The Morgan fingerprint density at radius 1 is 0.500 bits per heavy atom. The number of hydrogen-bond donors (Lipinski definition) is 0. The van der Waals surface area contributed by atoms with Crippen LogP contribution in [0, 0.1) is 64.2 Å². The van der Waals surface area contributed by atoms with Gasteiger partial charge in [0.1, 0.15) is 0 Å². The van der Waals surface area contributed by atoms with Crippen molar-refractivity contribution in [2.75, 3.05) is 0 Å². The van der Waals surface area contributed by atoms with E-state index in [1.54, 1.807) is 0 Å². The van der Waals surface area contributed by atoms with E-state index < -0.39 is 7.25 Å². The molecule has 0 aromatic heterocycles. The van der Waals surface area contributed by atoms with Gasteiger partial charge in [0.05, 0.1) is 0 Å². The van der Waals surface area contributed by atoms with Gasteiger partial charge in [-0.1, -0.05) is 12.8 Å². The number of halogens is 4. The molecule has 6 heteroatoms. The third kappa shape index (κ3) is 28.6. The van der Waals surface area contributed by atoms with Crippen molar-refractivity contribution in [1.29, 1.82) is 0 Å². The summed E-state index contributed by atoms with van der Waals surface area (Å²) in [5.74, 6) is 0. The smallest absolute Gasteiger partial charge is 0.418 e. The van der Waals surface area contributed by atoms with Gasteiger partial charge < -0.3 is 17.3 Å². The zero-order valence-corrected chi connectivity index (χ0v) is 14.2. The van der Waals surface area contributed by atoms with Gasteiger partial charge in [0.15, 0.2) is 0 Å². The van der Waals surface area contributed by atoms with Crippen molar-refractivity contribution in [1.82, 2.24) is 0 Å². The predicted molar refractivity (Wildman–Crippen MR) is 80.9 cm³/mol. The molecule has 2 aliphatic rings. The Morgan fingerprint density at radius 3 is 0.955 bits per heavy atom. The van der Waals surface area contributed by atoms with Gasteiger partial charge >= 0.3 is 26.7 Å². The standard InChI is InChI=1S/2C8H11.BF4.Ru/c2*1-2-4-6-8-7-5-3-1;2-1(3,4)5;/h2*1-5H,6-8H2;;/q;;-1;+3. The summed E-state index contributed by atoms with van der Waals surface area (Å²) in [6.07, 6.45) is 29.0. The van der Waals surface area contributed by atoms with Gasteiger partial charge in [0, 0.05) is 0 Å². The fourth-order valence-corrected chi connectivity index (χ4v) is 1.53. The molecule has 11 radical (unpaired) electrons. The van der Waals surface area contributed by atoms with Crippen LogP contribution in [0.25, 0.3) is 0 Å². The average molecular weight is 402 g/mol. The summed E-state index contributed by atoms with van der Waals surface area (Å²) in [7, 11) is -6.00. The summed E-state index contributed by atoms with van der Waals surface area (Å²) in [6, 6.07) is 0. The molecule has 0 saturated heterocycles. The van der Waals surface area contributed by atoms with Gasteiger partial charge in [0.25, 0.3) is 0 Å². The summed E-state index contributed by atoms with van der Waals surface area (Å²) < 4.78 is 39.0. The summed E-state index contributed by atoms with van der Waals surface area (Å²) >= 11 is 0. The van der Waals surface area contributed by atoms with Crippen LogP contribution in [0.5, 0.6) is 0 Å². The molecule has 2 aliphatic carbocycles. The van der Waals surface area contributed by atoms with Crippen molar-refractivity contribution >= 4 is 7.25 Å². The Hall–Kier alpha value is 0.408. The topological polar surface area (TPSA) is 0 Å². The first kappa shape index (κ1) is 24.7. The van der Waals surface area contributed by atoms with Gasteiger partial charge in [-0.05, 0) is 89.9 Å². The number of rotatable bonds is 0. The third-order valence-corrected chi connectivity index (χ3v) is 2.47. The number of hydrogen-bond acceptors (Lipinski definition) is 0. The molecule has 0 unspecified atom stereocenters. The van der Waals surface area contributed by atoms with Gasteiger partial charge in [-0.3, -0.25) is 0 Å². The van der Waals surface area contributed by atoms with Crippen LogP contribution in [-0.4, -0.2) is 7.25 Å². The minimum atomic E-state index is -6.00. The van der Waals surface area contributed by atoms with Gasteiger partial charge in [-0.15, -0.1) is 0 Å². The van der Waals surface area contributed by atoms with Crippen LogP contribution in [0.15, 0.2) is 0 Å². The SMILES string of the molecule is F[B-](F)(F)F.[CH]1[CH][CH]CCC[CH][CH]1.[CH]1[CH][CH]CCC[CH][CH]1.[Ru+3]. The summed E-state index contributed by atoms with van der Waals surface area (Å²) in [5, 5.41) is 0. The van der Waals surface area contributed by atoms with E-state index in [1.165, 1.54) is 38.5 Å². The van der Waals surface area contributed by atoms with E-state index in [4.69, 9.17) is 0 Å². The second kappa shape index (κ2) is 17.8. The van der Waals surface area contributed by atoms with Crippen molar-refractivity contribution in [2.45, 2.75) is 38.5 Å². The van der Waals surface area contributed by atoms with Crippen LogP contribution in [0.2, 0.25) is 0 Å². The summed E-state index contributed by atoms with van der Waals surface area (Å²) in [4.78, 5) is 0. The first-order valence-corrected chi connectivity index (χ1v) is 7.17. The molecule has 2 fully saturated rings. The normalized spacial score (nSPS) is 20.2. The molecule has 0 atom stereocenters. The van der Waals surface area contributed by atoms with Crippen molar-refractivity contribution in [3.05, 3.63) is 64.2 Å². The van der Waals surface area contributed by atoms with Crippen LogP contribution < -0.4 is 0 Å². The zero-order chi connectivity index (χ0) is 15.8. The second-order valence-electron chi connectivity index (χ2n) is 4.45. The maximum Gasteiger partial charge on any atom is 3.00 e. The van der Waals surface area contributed by atoms with Gasteiger partial charge in [-0.25, -0.2) is 0 Å². The molecule has 0 nitrogen and oxygen atoms in total. The van der Waals surface area contributed by atoms with Crippen LogP contribution in [0.1, 0.15) is 38.5 Å². The molecule has 0 bridgehead atoms. The van der Waals surface area contributed by atoms with E-state index >= 15 is 0 Å². The Labute approximate surface area is 147 Å². The van der Waals surface area contributed by atoms with Crippen molar-refractivity contribution in [3.8, 4) is 0 Å². The van der Waals surface area contributed by atoms with E-state index in [0.29, 0.717) is 0 Å². The van der Waals surface area contributed by atoms with E-state index in [0.717, 1.165) is 0 Å². The molecule has 0 spiro atoms. The van der Waals surface area contributed by atoms with E-state index in [2.05, 4.69) is 64.2 Å².